The summed E-state index contributed by atoms with van der Waals surface area (Å²) in [4.78, 5) is 0.774. The fourth-order valence-corrected chi connectivity index (χ4v) is 3.16. The summed E-state index contributed by atoms with van der Waals surface area (Å²) < 4.78 is 45.0. The standard InChI is InChI=1S/C13H11BrF3NOS/c14-8-5-12(20-7-8)11(6-18)19-10-4-2-1-3-9(10)13(15,16)17/h1-5,7,11H,6,18H2. The predicted molar refractivity (Wildman–Crippen MR) is 75.9 cm³/mol. The van der Waals surface area contributed by atoms with E-state index in [4.69, 9.17) is 10.5 Å². The number of thiophene rings is 1. The van der Waals surface area contributed by atoms with Gasteiger partial charge in [-0.1, -0.05) is 12.1 Å². The number of alkyl halides is 3. The average Bonchev–Trinajstić information content (AvgIpc) is 2.82. The maximum absolute atomic E-state index is 12.9. The van der Waals surface area contributed by atoms with Crippen molar-refractivity contribution < 1.29 is 17.9 Å². The van der Waals surface area contributed by atoms with Gasteiger partial charge in [0.15, 0.2) is 0 Å². The molecule has 108 valence electrons. The largest absolute Gasteiger partial charge is 0.483 e. The average molecular weight is 366 g/mol. The number of hydrogen-bond donors (Lipinski definition) is 1. The lowest BCUT2D eigenvalue weighted by Crippen LogP contribution is -2.19. The maximum Gasteiger partial charge on any atom is 0.419 e. The van der Waals surface area contributed by atoms with Gasteiger partial charge in [0.2, 0.25) is 0 Å². The third kappa shape index (κ3) is 3.53. The molecule has 2 aromatic rings. The first kappa shape index (κ1) is 15.3. The molecule has 0 amide bonds. The maximum atomic E-state index is 12.9. The number of hydrogen-bond acceptors (Lipinski definition) is 3. The zero-order valence-electron chi connectivity index (χ0n) is 10.2. The fourth-order valence-electron chi connectivity index (χ4n) is 1.68. The van der Waals surface area contributed by atoms with Crippen LogP contribution in [0.3, 0.4) is 0 Å². The Bertz CT molecular complexity index is 585. The highest BCUT2D eigenvalue weighted by Crippen LogP contribution is 2.38. The van der Waals surface area contributed by atoms with Crippen LogP contribution in [0.4, 0.5) is 13.2 Å². The fraction of sp³-hybridized carbons (Fsp3) is 0.231. The summed E-state index contributed by atoms with van der Waals surface area (Å²) in [6, 6.07) is 6.91. The summed E-state index contributed by atoms with van der Waals surface area (Å²) >= 11 is 4.68. The number of ether oxygens (including phenoxy) is 1. The highest BCUT2D eigenvalue weighted by molar-refractivity contribution is 9.10. The zero-order valence-corrected chi connectivity index (χ0v) is 12.6. The molecule has 20 heavy (non-hydrogen) atoms. The van der Waals surface area contributed by atoms with Crippen molar-refractivity contribution in [1.29, 1.82) is 0 Å². The Morgan fingerprint density at radius 2 is 2.00 bits per heavy atom. The van der Waals surface area contributed by atoms with Crippen LogP contribution < -0.4 is 10.5 Å². The van der Waals surface area contributed by atoms with E-state index in [1.165, 1.54) is 29.5 Å². The third-order valence-electron chi connectivity index (χ3n) is 2.58. The third-order valence-corrected chi connectivity index (χ3v) is 4.37. The van der Waals surface area contributed by atoms with Crippen molar-refractivity contribution in [2.75, 3.05) is 6.54 Å². The van der Waals surface area contributed by atoms with E-state index in [0.29, 0.717) is 0 Å². The van der Waals surface area contributed by atoms with Crippen LogP contribution in [-0.4, -0.2) is 6.54 Å². The topological polar surface area (TPSA) is 35.2 Å². The lowest BCUT2D eigenvalue weighted by Gasteiger charge is -2.19. The first-order valence-electron chi connectivity index (χ1n) is 5.68. The molecule has 2 N–H and O–H groups in total. The molecule has 0 saturated carbocycles. The molecule has 1 atom stereocenters. The van der Waals surface area contributed by atoms with Gasteiger partial charge in [0.05, 0.1) is 5.56 Å². The van der Waals surface area contributed by atoms with E-state index in [9.17, 15) is 13.2 Å². The summed E-state index contributed by atoms with van der Waals surface area (Å²) in [6.07, 6.45) is -5.05. The van der Waals surface area contributed by atoms with Crippen molar-refractivity contribution in [2.24, 2.45) is 5.73 Å². The molecule has 0 aliphatic rings. The monoisotopic (exact) mass is 365 g/mol. The zero-order chi connectivity index (χ0) is 14.8. The van der Waals surface area contributed by atoms with Crippen molar-refractivity contribution in [3.05, 3.63) is 50.6 Å². The van der Waals surface area contributed by atoms with Crippen LogP contribution in [0, 0.1) is 0 Å². The number of nitrogens with two attached hydrogens (primary N) is 1. The molecule has 0 spiro atoms. The molecule has 0 aliphatic heterocycles. The van der Waals surface area contributed by atoms with Gasteiger partial charge in [-0.25, -0.2) is 0 Å². The molecule has 1 unspecified atom stereocenters. The summed E-state index contributed by atoms with van der Waals surface area (Å²) in [5.41, 5.74) is 4.81. The molecule has 0 aliphatic carbocycles. The Hall–Kier alpha value is -1.05. The predicted octanol–water partition coefficient (Wildman–Crippen LogP) is 4.61. The van der Waals surface area contributed by atoms with Gasteiger partial charge < -0.3 is 10.5 Å². The van der Waals surface area contributed by atoms with Crippen LogP contribution in [0.1, 0.15) is 16.5 Å². The Balaban J connectivity index is 2.29. The van der Waals surface area contributed by atoms with Gasteiger partial charge in [0.1, 0.15) is 11.9 Å². The minimum Gasteiger partial charge on any atom is -0.483 e. The summed E-state index contributed by atoms with van der Waals surface area (Å²) in [6.45, 7) is 0.0964. The summed E-state index contributed by atoms with van der Waals surface area (Å²) in [5.74, 6) is -0.208. The van der Waals surface area contributed by atoms with Crippen molar-refractivity contribution in [2.45, 2.75) is 12.3 Å². The van der Waals surface area contributed by atoms with E-state index < -0.39 is 17.8 Å². The second-order valence-corrected chi connectivity index (χ2v) is 5.86. The lowest BCUT2D eigenvalue weighted by atomic mass is 10.2. The van der Waals surface area contributed by atoms with Crippen molar-refractivity contribution >= 4 is 27.3 Å². The van der Waals surface area contributed by atoms with Gasteiger partial charge in [0.25, 0.3) is 0 Å². The van der Waals surface area contributed by atoms with E-state index in [2.05, 4.69) is 15.9 Å². The number of rotatable bonds is 4. The summed E-state index contributed by atoms with van der Waals surface area (Å²) in [5, 5.41) is 1.83. The Kier molecular flexibility index (Phi) is 4.72. The van der Waals surface area contributed by atoms with Gasteiger partial charge in [-0.15, -0.1) is 11.3 Å². The van der Waals surface area contributed by atoms with Crippen LogP contribution in [0.25, 0.3) is 0 Å². The van der Waals surface area contributed by atoms with E-state index in [-0.39, 0.29) is 12.3 Å². The smallest absolute Gasteiger partial charge is 0.419 e. The van der Waals surface area contributed by atoms with Crippen molar-refractivity contribution in [3.63, 3.8) is 0 Å². The molecular weight excluding hydrogens is 355 g/mol. The minimum atomic E-state index is -4.45. The number of para-hydroxylation sites is 1. The Morgan fingerprint density at radius 3 is 2.55 bits per heavy atom. The highest BCUT2D eigenvalue weighted by atomic mass is 79.9. The second kappa shape index (κ2) is 6.15. The number of halogens is 4. The molecule has 0 bridgehead atoms. The van der Waals surface area contributed by atoms with E-state index >= 15 is 0 Å². The lowest BCUT2D eigenvalue weighted by molar-refractivity contribution is -0.139. The van der Waals surface area contributed by atoms with Crippen LogP contribution in [0.5, 0.6) is 5.75 Å². The van der Waals surface area contributed by atoms with E-state index in [1.807, 2.05) is 5.38 Å². The van der Waals surface area contributed by atoms with E-state index in [0.717, 1.165) is 15.4 Å². The molecule has 0 radical (unpaired) electrons. The molecule has 1 aromatic carbocycles. The van der Waals surface area contributed by atoms with Crippen LogP contribution in [0.15, 0.2) is 40.2 Å². The Labute approximate surface area is 126 Å². The number of benzene rings is 1. The molecule has 2 rings (SSSR count). The van der Waals surface area contributed by atoms with Crippen LogP contribution >= 0.6 is 27.3 Å². The molecule has 2 nitrogen and oxygen atoms in total. The second-order valence-electron chi connectivity index (χ2n) is 4.00. The van der Waals surface area contributed by atoms with Gasteiger partial charge >= 0.3 is 6.18 Å². The molecular formula is C13H11BrF3NOS. The first-order chi connectivity index (χ1) is 9.41. The van der Waals surface area contributed by atoms with Crippen molar-refractivity contribution in [1.82, 2.24) is 0 Å². The first-order valence-corrected chi connectivity index (χ1v) is 7.36. The van der Waals surface area contributed by atoms with Crippen LogP contribution in [0.2, 0.25) is 0 Å². The quantitative estimate of drug-likeness (QED) is 0.858. The van der Waals surface area contributed by atoms with Crippen molar-refractivity contribution in [3.8, 4) is 5.75 Å². The van der Waals surface area contributed by atoms with E-state index in [1.54, 1.807) is 6.07 Å². The molecule has 1 heterocycles. The summed E-state index contributed by atoms with van der Waals surface area (Å²) in [7, 11) is 0. The van der Waals surface area contributed by atoms with Gasteiger partial charge in [-0.05, 0) is 34.1 Å². The minimum absolute atomic E-state index is 0.0964. The normalized spacial score (nSPS) is 13.2. The van der Waals surface area contributed by atoms with Gasteiger partial charge in [0, 0.05) is 21.3 Å². The highest BCUT2D eigenvalue weighted by Gasteiger charge is 2.34. The van der Waals surface area contributed by atoms with Crippen LogP contribution in [-0.2, 0) is 6.18 Å². The molecule has 0 fully saturated rings. The SMILES string of the molecule is NCC(Oc1ccccc1C(F)(F)F)c1cc(Br)cs1. The molecule has 7 heteroatoms. The van der Waals surface area contributed by atoms with Gasteiger partial charge in [-0.3, -0.25) is 0 Å². The Morgan fingerprint density at radius 1 is 1.30 bits per heavy atom. The molecule has 1 aromatic heterocycles. The van der Waals surface area contributed by atoms with Gasteiger partial charge in [-0.2, -0.15) is 13.2 Å². The molecule has 0 saturated heterocycles.